The average molecular weight is 574 g/mol. The Hall–Kier alpha value is -2.72. The number of ether oxygens (including phenoxy) is 2. The molecule has 0 aliphatic carbocycles. The van der Waals surface area contributed by atoms with E-state index < -0.39 is 23.6 Å². The standard InChI is InChI=1S/C32H48FN3O5/c1-22(2)29(37)27(20-34-4)35-31(38)36-18-11-13-24(21-36)32(39,17-8-9-19-40-5)25-14-10-15-26(33)30(25)41-28-16-7-6-12-23(28)3/h6-7,10,12,14-16,22,24,27,29,34,37,39H,8-9,11,13,17-21H2,1-5H3,(H,35,38)/t24?,27-,29+,32+/m1/s1. The number of amides is 2. The summed E-state index contributed by atoms with van der Waals surface area (Å²) in [5, 5.41) is 29.2. The van der Waals surface area contributed by atoms with Crippen molar-refractivity contribution >= 4 is 6.03 Å². The number of hydrogen-bond donors (Lipinski definition) is 4. The smallest absolute Gasteiger partial charge is 0.317 e. The van der Waals surface area contributed by atoms with Crippen LogP contribution in [0.25, 0.3) is 0 Å². The summed E-state index contributed by atoms with van der Waals surface area (Å²) in [6, 6.07) is 11.3. The molecule has 0 spiro atoms. The number of carbonyl (C=O) groups is 1. The Morgan fingerprint density at radius 2 is 1.95 bits per heavy atom. The van der Waals surface area contributed by atoms with Crippen molar-refractivity contribution in [2.24, 2.45) is 11.8 Å². The van der Waals surface area contributed by atoms with E-state index in [1.807, 2.05) is 39.0 Å². The molecule has 4 atom stereocenters. The van der Waals surface area contributed by atoms with Gasteiger partial charge in [-0.05, 0) is 69.7 Å². The van der Waals surface area contributed by atoms with Gasteiger partial charge in [-0.25, -0.2) is 9.18 Å². The van der Waals surface area contributed by atoms with Gasteiger partial charge in [0.15, 0.2) is 11.6 Å². The number of benzene rings is 2. The summed E-state index contributed by atoms with van der Waals surface area (Å²) in [5.74, 6) is -0.414. The Bertz CT molecular complexity index is 1120. The van der Waals surface area contributed by atoms with Crippen LogP contribution in [0.2, 0.25) is 0 Å². The number of aliphatic hydroxyl groups is 2. The summed E-state index contributed by atoms with van der Waals surface area (Å²) in [7, 11) is 3.42. The average Bonchev–Trinajstić information content (AvgIpc) is 2.96. The number of aliphatic hydroxyl groups excluding tert-OH is 1. The van der Waals surface area contributed by atoms with Gasteiger partial charge in [-0.1, -0.05) is 44.2 Å². The van der Waals surface area contributed by atoms with Crippen molar-refractivity contribution in [1.82, 2.24) is 15.5 Å². The Kier molecular flexibility index (Phi) is 12.4. The summed E-state index contributed by atoms with van der Waals surface area (Å²) in [5.41, 5.74) is -0.214. The first-order chi connectivity index (χ1) is 19.6. The highest BCUT2D eigenvalue weighted by molar-refractivity contribution is 5.74. The molecule has 41 heavy (non-hydrogen) atoms. The van der Waals surface area contributed by atoms with Gasteiger partial charge in [-0.3, -0.25) is 0 Å². The second-order valence-corrected chi connectivity index (χ2v) is 11.5. The van der Waals surface area contributed by atoms with Crippen molar-refractivity contribution in [1.29, 1.82) is 0 Å². The number of para-hydroxylation sites is 2. The van der Waals surface area contributed by atoms with Crippen molar-refractivity contribution < 1.29 is 28.9 Å². The number of urea groups is 1. The van der Waals surface area contributed by atoms with Gasteiger partial charge in [-0.2, -0.15) is 0 Å². The molecule has 0 bridgehead atoms. The van der Waals surface area contributed by atoms with Crippen LogP contribution in [0, 0.1) is 24.6 Å². The maximum Gasteiger partial charge on any atom is 0.317 e. The van der Waals surface area contributed by atoms with Gasteiger partial charge in [0.25, 0.3) is 0 Å². The number of rotatable bonds is 14. The van der Waals surface area contributed by atoms with Crippen molar-refractivity contribution in [3.63, 3.8) is 0 Å². The van der Waals surface area contributed by atoms with Crippen LogP contribution in [-0.2, 0) is 10.3 Å². The van der Waals surface area contributed by atoms with Gasteiger partial charge < -0.3 is 35.2 Å². The lowest BCUT2D eigenvalue weighted by atomic mass is 9.73. The van der Waals surface area contributed by atoms with E-state index in [4.69, 9.17) is 9.47 Å². The van der Waals surface area contributed by atoms with Crippen LogP contribution in [0.3, 0.4) is 0 Å². The zero-order valence-corrected chi connectivity index (χ0v) is 25.2. The number of nitrogens with one attached hydrogen (secondary N) is 2. The summed E-state index contributed by atoms with van der Waals surface area (Å²) >= 11 is 0. The molecule has 2 aromatic rings. The summed E-state index contributed by atoms with van der Waals surface area (Å²) < 4.78 is 26.8. The highest BCUT2D eigenvalue weighted by Gasteiger charge is 2.44. The summed E-state index contributed by atoms with van der Waals surface area (Å²) in [6.07, 6.45) is 2.39. The molecule has 1 aliphatic heterocycles. The third-order valence-corrected chi connectivity index (χ3v) is 8.11. The van der Waals surface area contributed by atoms with Gasteiger partial charge in [-0.15, -0.1) is 0 Å². The number of aryl methyl sites for hydroxylation is 1. The van der Waals surface area contributed by atoms with Gasteiger partial charge in [0.2, 0.25) is 0 Å². The largest absolute Gasteiger partial charge is 0.454 e. The van der Waals surface area contributed by atoms with Crippen LogP contribution < -0.4 is 15.4 Å². The summed E-state index contributed by atoms with van der Waals surface area (Å²) in [4.78, 5) is 15.1. The zero-order chi connectivity index (χ0) is 30.0. The second-order valence-electron chi connectivity index (χ2n) is 11.5. The van der Waals surface area contributed by atoms with Crippen LogP contribution in [0.1, 0.15) is 57.1 Å². The Morgan fingerprint density at radius 3 is 2.63 bits per heavy atom. The van der Waals surface area contributed by atoms with Crippen LogP contribution in [0.15, 0.2) is 42.5 Å². The fourth-order valence-electron chi connectivity index (χ4n) is 5.68. The van der Waals surface area contributed by atoms with Crippen molar-refractivity contribution in [2.45, 2.75) is 70.6 Å². The molecule has 1 aliphatic rings. The minimum absolute atomic E-state index is 0.00626. The highest BCUT2D eigenvalue weighted by Crippen LogP contribution is 2.45. The number of unbranched alkanes of at least 4 members (excludes halogenated alkanes) is 1. The molecule has 0 saturated carbocycles. The molecule has 3 rings (SSSR count). The van der Waals surface area contributed by atoms with Crippen LogP contribution in [0.5, 0.6) is 11.5 Å². The van der Waals surface area contributed by atoms with Crippen molar-refractivity contribution in [3.8, 4) is 11.5 Å². The first-order valence-corrected chi connectivity index (χ1v) is 14.7. The lowest BCUT2D eigenvalue weighted by Crippen LogP contribution is -2.57. The van der Waals surface area contributed by atoms with Gasteiger partial charge in [0.05, 0.1) is 17.7 Å². The van der Waals surface area contributed by atoms with Gasteiger partial charge >= 0.3 is 6.03 Å². The van der Waals surface area contributed by atoms with Gasteiger partial charge in [0, 0.05) is 44.8 Å². The highest BCUT2D eigenvalue weighted by atomic mass is 19.1. The van der Waals surface area contributed by atoms with Crippen molar-refractivity contribution in [2.75, 3.05) is 40.4 Å². The number of halogens is 1. The number of carbonyl (C=O) groups excluding carboxylic acids is 1. The molecule has 1 fully saturated rings. The van der Waals surface area contributed by atoms with E-state index in [0.717, 1.165) is 12.0 Å². The van der Waals surface area contributed by atoms with E-state index in [1.54, 1.807) is 37.3 Å². The molecule has 8 nitrogen and oxygen atoms in total. The van der Waals surface area contributed by atoms with E-state index >= 15 is 4.39 Å². The quantitative estimate of drug-likeness (QED) is 0.238. The zero-order valence-electron chi connectivity index (χ0n) is 25.2. The minimum Gasteiger partial charge on any atom is -0.454 e. The number of piperidine rings is 1. The number of nitrogens with zero attached hydrogens (tertiary/aromatic N) is 1. The molecule has 1 heterocycles. The monoisotopic (exact) mass is 573 g/mol. The fraction of sp³-hybridized carbons (Fsp3) is 0.594. The Morgan fingerprint density at radius 1 is 1.20 bits per heavy atom. The molecule has 9 heteroatoms. The summed E-state index contributed by atoms with van der Waals surface area (Å²) in [6.45, 7) is 7.51. The third-order valence-electron chi connectivity index (χ3n) is 8.11. The predicted molar refractivity (Wildman–Crippen MR) is 159 cm³/mol. The lowest BCUT2D eigenvalue weighted by Gasteiger charge is -2.43. The normalized spacial score (nSPS) is 18.6. The Balaban J connectivity index is 1.93. The van der Waals surface area contributed by atoms with Gasteiger partial charge in [0.1, 0.15) is 5.75 Å². The van der Waals surface area contributed by atoms with E-state index in [9.17, 15) is 15.0 Å². The van der Waals surface area contributed by atoms with E-state index in [1.165, 1.54) is 6.07 Å². The second kappa shape index (κ2) is 15.5. The van der Waals surface area contributed by atoms with Crippen molar-refractivity contribution in [3.05, 3.63) is 59.4 Å². The minimum atomic E-state index is -1.45. The molecule has 0 aromatic heterocycles. The molecule has 2 aromatic carbocycles. The molecule has 228 valence electrons. The molecule has 1 unspecified atom stereocenters. The first kappa shape index (κ1) is 32.8. The van der Waals surface area contributed by atoms with E-state index in [2.05, 4.69) is 10.6 Å². The van der Waals surface area contributed by atoms with E-state index in [-0.39, 0.29) is 30.2 Å². The van der Waals surface area contributed by atoms with Crippen LogP contribution in [0.4, 0.5) is 9.18 Å². The number of likely N-dealkylation sites (tertiary alicyclic amines) is 1. The number of hydrogen-bond acceptors (Lipinski definition) is 6. The third kappa shape index (κ3) is 8.41. The molecular weight excluding hydrogens is 525 g/mol. The Labute approximate surface area is 244 Å². The molecular formula is C32H48FN3O5. The van der Waals surface area contributed by atoms with Crippen LogP contribution in [-0.4, -0.2) is 73.7 Å². The van der Waals surface area contributed by atoms with E-state index in [0.29, 0.717) is 56.7 Å². The molecule has 4 N–H and O–H groups in total. The number of likely N-dealkylation sites (N-methyl/N-ethyl adjacent to an activating group) is 1. The maximum atomic E-state index is 15.4. The number of methoxy groups -OCH3 is 1. The fourth-order valence-corrected chi connectivity index (χ4v) is 5.68. The van der Waals surface area contributed by atoms with Crippen LogP contribution >= 0.6 is 0 Å². The molecule has 2 amide bonds. The topological polar surface area (TPSA) is 103 Å². The lowest BCUT2D eigenvalue weighted by molar-refractivity contribution is -0.0580. The first-order valence-electron chi connectivity index (χ1n) is 14.7. The SMILES string of the molecule is CNC[C@@H](NC(=O)N1CCCC([C@@](O)(CCCCOC)c2cccc(F)c2Oc2ccccc2C)C1)[C@@H](O)C(C)C. The maximum absolute atomic E-state index is 15.4. The molecule has 0 radical (unpaired) electrons. The predicted octanol–water partition coefficient (Wildman–Crippen LogP) is 4.96. The molecule has 1 saturated heterocycles.